The van der Waals surface area contributed by atoms with Gasteiger partial charge < -0.3 is 9.84 Å². The summed E-state index contributed by atoms with van der Waals surface area (Å²) in [5.41, 5.74) is 1.12. The maximum atomic E-state index is 9.99. The molecule has 1 N–H and O–H groups in total. The van der Waals surface area contributed by atoms with Crippen LogP contribution in [-0.4, -0.2) is 18.3 Å². The van der Waals surface area contributed by atoms with Crippen molar-refractivity contribution in [1.29, 1.82) is 0 Å². The summed E-state index contributed by atoms with van der Waals surface area (Å²) < 4.78 is 4.95. The summed E-state index contributed by atoms with van der Waals surface area (Å²) in [6.45, 7) is 1.77. The van der Waals surface area contributed by atoms with E-state index in [4.69, 9.17) is 16.3 Å². The van der Waals surface area contributed by atoms with Crippen LogP contribution in [0.15, 0.2) is 11.1 Å². The number of halogens is 1. The van der Waals surface area contributed by atoms with Gasteiger partial charge in [-0.05, 0) is 18.6 Å². The number of aryl methyl sites for hydroxylation is 1. The van der Waals surface area contributed by atoms with E-state index in [1.807, 2.05) is 0 Å². The average molecular weight is 228 g/mol. The smallest absolute Gasteiger partial charge is 0.235 e. The third-order valence-electron chi connectivity index (χ3n) is 2.00. The van der Waals surface area contributed by atoms with Gasteiger partial charge in [0.15, 0.2) is 11.5 Å². The molecule has 0 aliphatic rings. The molecule has 0 spiro atoms. The molecular formula is C10H10ClNO3. The first-order valence-electron chi connectivity index (χ1n) is 4.20. The molecule has 4 nitrogen and oxygen atoms in total. The lowest BCUT2D eigenvalue weighted by atomic mass is 10.1. The predicted molar refractivity (Wildman–Crippen MR) is 56.2 cm³/mol. The van der Waals surface area contributed by atoms with Crippen molar-refractivity contribution in [2.24, 2.45) is 4.99 Å². The highest BCUT2D eigenvalue weighted by Crippen LogP contribution is 2.37. The summed E-state index contributed by atoms with van der Waals surface area (Å²) in [7, 11) is 1.44. The Labute approximate surface area is 92.2 Å². The van der Waals surface area contributed by atoms with Crippen LogP contribution in [-0.2, 0) is 11.3 Å². The van der Waals surface area contributed by atoms with Gasteiger partial charge in [0.1, 0.15) is 0 Å². The van der Waals surface area contributed by atoms with Crippen molar-refractivity contribution < 1.29 is 14.6 Å². The quantitative estimate of drug-likeness (QED) is 0.636. The summed E-state index contributed by atoms with van der Waals surface area (Å²) in [5.74, 6) is 0.222. The molecule has 1 rings (SSSR count). The van der Waals surface area contributed by atoms with Crippen LogP contribution >= 0.6 is 11.6 Å². The molecule has 0 saturated heterocycles. The molecule has 0 unspecified atom stereocenters. The lowest BCUT2D eigenvalue weighted by Gasteiger charge is -2.11. The van der Waals surface area contributed by atoms with E-state index in [1.165, 1.54) is 13.2 Å². The van der Waals surface area contributed by atoms with E-state index in [1.54, 1.807) is 13.0 Å². The van der Waals surface area contributed by atoms with Crippen molar-refractivity contribution in [3.63, 3.8) is 0 Å². The highest BCUT2D eigenvalue weighted by atomic mass is 35.5. The maximum Gasteiger partial charge on any atom is 0.235 e. The van der Waals surface area contributed by atoms with Crippen LogP contribution in [0.1, 0.15) is 11.1 Å². The summed E-state index contributed by atoms with van der Waals surface area (Å²) >= 11 is 5.96. The van der Waals surface area contributed by atoms with Crippen LogP contribution in [0, 0.1) is 6.92 Å². The van der Waals surface area contributed by atoms with E-state index < -0.39 is 0 Å². The van der Waals surface area contributed by atoms with Crippen molar-refractivity contribution in [2.45, 2.75) is 13.5 Å². The Kier molecular flexibility index (Phi) is 3.72. The monoisotopic (exact) mass is 227 g/mol. The Bertz CT molecular complexity index is 425. The van der Waals surface area contributed by atoms with Gasteiger partial charge in [-0.25, -0.2) is 9.79 Å². The van der Waals surface area contributed by atoms with E-state index in [-0.39, 0.29) is 12.3 Å². The maximum absolute atomic E-state index is 9.99. The third kappa shape index (κ3) is 2.29. The van der Waals surface area contributed by atoms with Crippen molar-refractivity contribution in [3.8, 4) is 11.5 Å². The Hall–Kier alpha value is -1.51. The van der Waals surface area contributed by atoms with E-state index in [9.17, 15) is 9.90 Å². The second kappa shape index (κ2) is 4.82. The zero-order valence-corrected chi connectivity index (χ0v) is 9.13. The number of rotatable bonds is 3. The zero-order valence-electron chi connectivity index (χ0n) is 8.37. The van der Waals surface area contributed by atoms with Gasteiger partial charge in [-0.15, -0.1) is 0 Å². The van der Waals surface area contributed by atoms with Gasteiger partial charge >= 0.3 is 0 Å². The van der Waals surface area contributed by atoms with Gasteiger partial charge in [0.2, 0.25) is 6.08 Å². The molecule has 0 bridgehead atoms. The lowest BCUT2D eigenvalue weighted by molar-refractivity contribution is 0.370. The minimum Gasteiger partial charge on any atom is -0.504 e. The average Bonchev–Trinajstić information content (AvgIpc) is 2.23. The number of phenols is 1. The SMILES string of the molecule is COc1cc(C)c(Cl)c(CN=C=O)c1O. The van der Waals surface area contributed by atoms with Gasteiger partial charge in [-0.3, -0.25) is 0 Å². The number of aliphatic imine (C=N–C) groups is 1. The highest BCUT2D eigenvalue weighted by molar-refractivity contribution is 6.32. The van der Waals surface area contributed by atoms with E-state index in [0.717, 1.165) is 5.56 Å². The standard InChI is InChI=1S/C10H10ClNO3/c1-6-3-8(15-2)10(14)7(9(6)11)4-12-5-13/h3,14H,4H2,1-2H3. The van der Waals surface area contributed by atoms with Gasteiger partial charge in [0, 0.05) is 5.56 Å². The number of isocyanates is 1. The number of phenolic OH excluding ortho intramolecular Hbond substituents is 1. The molecule has 0 saturated carbocycles. The fourth-order valence-electron chi connectivity index (χ4n) is 1.23. The van der Waals surface area contributed by atoms with Crippen molar-refractivity contribution in [2.75, 3.05) is 7.11 Å². The largest absolute Gasteiger partial charge is 0.504 e. The molecule has 0 aliphatic carbocycles. The highest BCUT2D eigenvalue weighted by Gasteiger charge is 2.14. The first-order valence-corrected chi connectivity index (χ1v) is 4.58. The summed E-state index contributed by atoms with van der Waals surface area (Å²) in [6.07, 6.45) is 1.39. The predicted octanol–water partition coefficient (Wildman–Crippen LogP) is 2.20. The van der Waals surface area contributed by atoms with Gasteiger partial charge in [0.25, 0.3) is 0 Å². The minimum absolute atomic E-state index is 0.00773. The van der Waals surface area contributed by atoms with Crippen LogP contribution in [0.4, 0.5) is 0 Å². The number of hydrogen-bond donors (Lipinski definition) is 1. The fourth-order valence-corrected chi connectivity index (χ4v) is 1.43. The van der Waals surface area contributed by atoms with Crippen LogP contribution in [0.3, 0.4) is 0 Å². The third-order valence-corrected chi connectivity index (χ3v) is 2.53. The second-order valence-electron chi connectivity index (χ2n) is 2.94. The molecule has 0 aliphatic heterocycles. The van der Waals surface area contributed by atoms with Crippen molar-refractivity contribution in [1.82, 2.24) is 0 Å². The normalized spacial score (nSPS) is 9.53. The number of methoxy groups -OCH3 is 1. The number of ether oxygens (including phenoxy) is 1. The van der Waals surface area contributed by atoms with Crippen molar-refractivity contribution >= 4 is 17.7 Å². The lowest BCUT2D eigenvalue weighted by Crippen LogP contribution is -1.93. The van der Waals surface area contributed by atoms with E-state index in [0.29, 0.717) is 16.3 Å². The molecule has 0 radical (unpaired) electrons. The molecule has 5 heteroatoms. The van der Waals surface area contributed by atoms with Crippen molar-refractivity contribution in [3.05, 3.63) is 22.2 Å². The van der Waals surface area contributed by atoms with Crippen LogP contribution in [0.2, 0.25) is 5.02 Å². The molecule has 1 aromatic carbocycles. The van der Waals surface area contributed by atoms with Gasteiger partial charge in [-0.1, -0.05) is 11.6 Å². The molecule has 1 aromatic rings. The van der Waals surface area contributed by atoms with Crippen LogP contribution in [0.5, 0.6) is 11.5 Å². The molecule has 0 aromatic heterocycles. The Morgan fingerprint density at radius 1 is 1.67 bits per heavy atom. The molecule has 0 heterocycles. The Morgan fingerprint density at radius 3 is 2.87 bits per heavy atom. The van der Waals surface area contributed by atoms with Crippen LogP contribution in [0.25, 0.3) is 0 Å². The number of hydrogen-bond acceptors (Lipinski definition) is 4. The first-order chi connectivity index (χ1) is 7.11. The number of nitrogens with zero attached hydrogens (tertiary/aromatic N) is 1. The summed E-state index contributed by atoms with van der Waals surface area (Å²) in [4.78, 5) is 13.4. The molecule has 15 heavy (non-hydrogen) atoms. The zero-order chi connectivity index (χ0) is 11.4. The number of aromatic hydroxyl groups is 1. The van der Waals surface area contributed by atoms with E-state index >= 15 is 0 Å². The number of benzene rings is 1. The molecule has 80 valence electrons. The summed E-state index contributed by atoms with van der Waals surface area (Å²) in [5, 5.41) is 10.1. The first kappa shape index (κ1) is 11.6. The number of carbonyl (C=O) groups excluding carboxylic acids is 1. The second-order valence-corrected chi connectivity index (χ2v) is 3.32. The molecular weight excluding hydrogens is 218 g/mol. The minimum atomic E-state index is -0.0906. The van der Waals surface area contributed by atoms with Crippen LogP contribution < -0.4 is 4.74 Å². The molecule has 0 fully saturated rings. The molecule has 0 amide bonds. The van der Waals surface area contributed by atoms with Gasteiger partial charge in [-0.2, -0.15) is 0 Å². The molecule has 0 atom stereocenters. The Balaban J connectivity index is 3.32. The van der Waals surface area contributed by atoms with Gasteiger partial charge in [0.05, 0.1) is 18.7 Å². The Morgan fingerprint density at radius 2 is 2.33 bits per heavy atom. The summed E-state index contributed by atoms with van der Waals surface area (Å²) in [6, 6.07) is 1.62. The topological polar surface area (TPSA) is 58.9 Å². The fraction of sp³-hybridized carbons (Fsp3) is 0.300. The van der Waals surface area contributed by atoms with E-state index in [2.05, 4.69) is 4.99 Å².